The first-order valence-corrected chi connectivity index (χ1v) is 7.43. The van der Waals surface area contributed by atoms with E-state index in [0.29, 0.717) is 0 Å². The number of aryl methyl sites for hydroxylation is 1. The van der Waals surface area contributed by atoms with Gasteiger partial charge in [-0.25, -0.2) is 4.98 Å². The number of hydrogen-bond acceptors (Lipinski definition) is 3. The average molecular weight is 304 g/mol. The van der Waals surface area contributed by atoms with E-state index in [0.717, 1.165) is 39.7 Å². The van der Waals surface area contributed by atoms with Gasteiger partial charge in [0.15, 0.2) is 11.6 Å². The number of rotatable bonds is 3. The van der Waals surface area contributed by atoms with E-state index in [1.54, 1.807) is 7.11 Å². The van der Waals surface area contributed by atoms with Crippen LogP contribution in [0.1, 0.15) is 0 Å². The fraction of sp³-hybridized carbons (Fsp3) is 0.105. The summed E-state index contributed by atoms with van der Waals surface area (Å²) >= 11 is 0. The summed E-state index contributed by atoms with van der Waals surface area (Å²) in [6.45, 7) is 0. The molecule has 114 valence electrons. The number of hydrogen-bond donors (Lipinski definition) is 0. The number of fused-ring (bicyclic) bond motifs is 1. The highest BCUT2D eigenvalue weighted by Gasteiger charge is 2.15. The number of ether oxygens (including phenoxy) is 1. The number of aromatic nitrogens is 2. The van der Waals surface area contributed by atoms with Gasteiger partial charge in [0, 0.05) is 7.05 Å². The van der Waals surface area contributed by atoms with Crippen molar-refractivity contribution in [2.75, 3.05) is 7.11 Å². The van der Waals surface area contributed by atoms with Crippen LogP contribution in [0.4, 0.5) is 0 Å². The van der Waals surface area contributed by atoms with E-state index in [-0.39, 0.29) is 0 Å². The zero-order valence-corrected chi connectivity index (χ0v) is 13.0. The average Bonchev–Trinajstić information content (AvgIpc) is 3.20. The maximum Gasteiger partial charge on any atom is 0.177 e. The first kappa shape index (κ1) is 13.6. The van der Waals surface area contributed by atoms with Crippen molar-refractivity contribution in [2.45, 2.75) is 0 Å². The third-order valence-electron chi connectivity index (χ3n) is 3.99. The van der Waals surface area contributed by atoms with Crippen molar-refractivity contribution in [2.24, 2.45) is 7.05 Å². The highest BCUT2D eigenvalue weighted by molar-refractivity contribution is 5.80. The number of methoxy groups -OCH3 is 1. The molecular weight excluding hydrogens is 288 g/mol. The lowest BCUT2D eigenvalue weighted by atomic mass is 10.1. The molecule has 2 aromatic carbocycles. The quantitative estimate of drug-likeness (QED) is 0.559. The summed E-state index contributed by atoms with van der Waals surface area (Å²) in [4.78, 5) is 4.67. The predicted molar refractivity (Wildman–Crippen MR) is 90.4 cm³/mol. The molecule has 4 nitrogen and oxygen atoms in total. The van der Waals surface area contributed by atoms with Gasteiger partial charge in [-0.2, -0.15) is 0 Å². The van der Waals surface area contributed by atoms with Crippen molar-refractivity contribution in [3.8, 4) is 28.7 Å². The van der Waals surface area contributed by atoms with Crippen LogP contribution in [0.15, 0.2) is 65.1 Å². The number of para-hydroxylation sites is 3. The molecule has 0 atom stereocenters. The lowest BCUT2D eigenvalue weighted by molar-refractivity contribution is 0.415. The lowest BCUT2D eigenvalue weighted by Gasteiger charge is -2.05. The molecule has 2 heterocycles. The van der Waals surface area contributed by atoms with Gasteiger partial charge in [0.1, 0.15) is 11.5 Å². The third kappa shape index (κ3) is 2.19. The van der Waals surface area contributed by atoms with Crippen LogP contribution in [0.3, 0.4) is 0 Å². The molecule has 0 bridgehead atoms. The molecule has 0 N–H and O–H groups in total. The second-order valence-corrected chi connectivity index (χ2v) is 5.35. The van der Waals surface area contributed by atoms with Gasteiger partial charge in [-0.1, -0.05) is 24.3 Å². The van der Waals surface area contributed by atoms with Gasteiger partial charge in [0.2, 0.25) is 0 Å². The maximum atomic E-state index is 6.05. The van der Waals surface area contributed by atoms with Crippen LogP contribution in [-0.2, 0) is 7.05 Å². The van der Waals surface area contributed by atoms with Crippen LogP contribution in [0, 0.1) is 0 Å². The highest BCUT2D eigenvalue weighted by atomic mass is 16.5. The fourth-order valence-electron chi connectivity index (χ4n) is 2.82. The largest absolute Gasteiger partial charge is 0.496 e. The molecule has 0 unspecified atom stereocenters. The molecule has 0 saturated heterocycles. The molecule has 0 spiro atoms. The Labute approximate surface area is 134 Å². The Kier molecular flexibility index (Phi) is 3.15. The zero-order valence-electron chi connectivity index (χ0n) is 13.0. The molecule has 4 rings (SSSR count). The van der Waals surface area contributed by atoms with Gasteiger partial charge in [0.25, 0.3) is 0 Å². The molecule has 0 radical (unpaired) electrons. The SMILES string of the molecule is COc1ccccc1-c1ccc(-c2nc3ccccc3n2C)o1. The Morgan fingerprint density at radius 3 is 2.48 bits per heavy atom. The van der Waals surface area contributed by atoms with Crippen LogP contribution in [0.5, 0.6) is 5.75 Å². The van der Waals surface area contributed by atoms with Gasteiger partial charge in [0.05, 0.1) is 23.7 Å². The van der Waals surface area contributed by atoms with Crippen molar-refractivity contribution in [3.05, 3.63) is 60.7 Å². The van der Waals surface area contributed by atoms with E-state index in [4.69, 9.17) is 9.15 Å². The van der Waals surface area contributed by atoms with Gasteiger partial charge in [-0.3, -0.25) is 0 Å². The molecule has 0 amide bonds. The molecule has 0 fully saturated rings. The second kappa shape index (κ2) is 5.32. The molecule has 23 heavy (non-hydrogen) atoms. The number of nitrogens with zero attached hydrogens (tertiary/aromatic N) is 2. The topological polar surface area (TPSA) is 40.2 Å². The Bertz CT molecular complexity index is 982. The fourth-order valence-corrected chi connectivity index (χ4v) is 2.82. The van der Waals surface area contributed by atoms with Gasteiger partial charge < -0.3 is 13.7 Å². The molecule has 0 aliphatic rings. The molecule has 0 saturated carbocycles. The van der Waals surface area contributed by atoms with Gasteiger partial charge in [-0.05, 0) is 36.4 Å². The van der Waals surface area contributed by atoms with Crippen LogP contribution >= 0.6 is 0 Å². The third-order valence-corrected chi connectivity index (χ3v) is 3.99. The number of furan rings is 1. The summed E-state index contributed by atoms with van der Waals surface area (Å²) in [6, 6.07) is 19.8. The monoisotopic (exact) mass is 304 g/mol. The molecule has 2 aromatic heterocycles. The minimum absolute atomic E-state index is 0.740. The summed E-state index contributed by atoms with van der Waals surface area (Å²) in [5.74, 6) is 3.11. The van der Waals surface area contributed by atoms with Gasteiger partial charge in [-0.15, -0.1) is 0 Å². The predicted octanol–water partition coefficient (Wildman–Crippen LogP) is 4.51. The number of benzene rings is 2. The van der Waals surface area contributed by atoms with Gasteiger partial charge >= 0.3 is 0 Å². The van der Waals surface area contributed by atoms with Crippen molar-refractivity contribution in [1.29, 1.82) is 0 Å². The van der Waals surface area contributed by atoms with Crippen LogP contribution in [-0.4, -0.2) is 16.7 Å². The molecule has 0 aliphatic heterocycles. The smallest absolute Gasteiger partial charge is 0.177 e. The van der Waals surface area contributed by atoms with Crippen molar-refractivity contribution in [3.63, 3.8) is 0 Å². The summed E-state index contributed by atoms with van der Waals surface area (Å²) in [5, 5.41) is 0. The van der Waals surface area contributed by atoms with Crippen molar-refractivity contribution >= 4 is 11.0 Å². The summed E-state index contributed by atoms with van der Waals surface area (Å²) in [5.41, 5.74) is 2.97. The Morgan fingerprint density at radius 2 is 1.65 bits per heavy atom. The Hall–Kier alpha value is -3.01. The van der Waals surface area contributed by atoms with E-state index in [1.807, 2.05) is 66.2 Å². The van der Waals surface area contributed by atoms with E-state index >= 15 is 0 Å². The number of imidazole rings is 1. The van der Waals surface area contributed by atoms with E-state index in [1.165, 1.54) is 0 Å². The molecule has 4 aromatic rings. The van der Waals surface area contributed by atoms with Crippen molar-refractivity contribution < 1.29 is 9.15 Å². The van der Waals surface area contributed by atoms with Crippen LogP contribution in [0.2, 0.25) is 0 Å². The van der Waals surface area contributed by atoms with Crippen LogP contribution < -0.4 is 4.74 Å². The Balaban J connectivity index is 1.82. The Morgan fingerprint density at radius 1 is 0.913 bits per heavy atom. The van der Waals surface area contributed by atoms with E-state index < -0.39 is 0 Å². The highest BCUT2D eigenvalue weighted by Crippen LogP contribution is 2.34. The molecule has 4 heteroatoms. The molecule has 0 aliphatic carbocycles. The minimum Gasteiger partial charge on any atom is -0.496 e. The summed E-state index contributed by atoms with van der Waals surface area (Å²) in [6.07, 6.45) is 0. The lowest BCUT2D eigenvalue weighted by Crippen LogP contribution is -1.90. The first-order chi connectivity index (χ1) is 11.3. The zero-order chi connectivity index (χ0) is 15.8. The van der Waals surface area contributed by atoms with Crippen molar-refractivity contribution in [1.82, 2.24) is 9.55 Å². The van der Waals surface area contributed by atoms with E-state index in [2.05, 4.69) is 11.1 Å². The normalized spacial score (nSPS) is 11.0. The van der Waals surface area contributed by atoms with E-state index in [9.17, 15) is 0 Å². The molecular formula is C19H16N2O2. The summed E-state index contributed by atoms with van der Waals surface area (Å²) < 4.78 is 13.5. The first-order valence-electron chi connectivity index (χ1n) is 7.43. The second-order valence-electron chi connectivity index (χ2n) is 5.35. The maximum absolute atomic E-state index is 6.05. The minimum atomic E-state index is 0.740. The van der Waals surface area contributed by atoms with Crippen LogP contribution in [0.25, 0.3) is 33.9 Å². The summed E-state index contributed by atoms with van der Waals surface area (Å²) in [7, 11) is 3.66. The standard InChI is InChI=1S/C19H16N2O2/c1-21-15-9-5-4-8-14(15)20-19(21)18-12-11-17(23-18)13-7-3-6-10-16(13)22-2/h3-12H,1-2H3.